The van der Waals surface area contributed by atoms with E-state index in [2.05, 4.69) is 9.46 Å². The first-order valence-electron chi connectivity index (χ1n) is 7.12. The Kier molecular flexibility index (Phi) is 4.09. The predicted molar refractivity (Wildman–Crippen MR) is 90.0 cm³/mol. The first-order chi connectivity index (χ1) is 11.8. The summed E-state index contributed by atoms with van der Waals surface area (Å²) in [5.74, 6) is -1.16. The molecule has 0 radical (unpaired) electrons. The number of rotatable bonds is 4. The summed E-state index contributed by atoms with van der Waals surface area (Å²) in [5.41, 5.74) is 1.07. The van der Waals surface area contributed by atoms with Crippen LogP contribution in [0.2, 0.25) is 0 Å². The van der Waals surface area contributed by atoms with E-state index in [4.69, 9.17) is 4.42 Å². The van der Waals surface area contributed by atoms with Crippen molar-refractivity contribution in [1.82, 2.24) is 4.57 Å². The number of aromatic nitrogens is 1. The SMILES string of the molecule is COC(=O)c1cccc(NS(=O)(=O)c2ccc3c(c2)oc(=O)n3C)c1. The van der Waals surface area contributed by atoms with Crippen LogP contribution in [0.15, 0.2) is 56.6 Å². The number of methoxy groups -OCH3 is 1. The standard InChI is InChI=1S/C16H14N2O6S/c1-18-13-7-6-12(9-14(13)24-16(18)20)25(21,22)17-11-5-3-4-10(8-11)15(19)23-2/h3-9,17H,1-2H3. The number of hydrogen-bond donors (Lipinski definition) is 1. The number of carbonyl (C=O) groups is 1. The lowest BCUT2D eigenvalue weighted by Gasteiger charge is -2.09. The second-order valence-corrected chi connectivity index (χ2v) is 6.92. The molecule has 0 unspecified atom stereocenters. The molecule has 0 aliphatic rings. The molecule has 1 N–H and O–H groups in total. The Labute approximate surface area is 142 Å². The second kappa shape index (κ2) is 6.10. The Morgan fingerprint density at radius 3 is 2.68 bits per heavy atom. The topological polar surface area (TPSA) is 108 Å². The Bertz CT molecular complexity index is 1130. The van der Waals surface area contributed by atoms with E-state index in [0.29, 0.717) is 5.52 Å². The van der Waals surface area contributed by atoms with Crippen molar-refractivity contribution in [2.45, 2.75) is 4.90 Å². The van der Waals surface area contributed by atoms with E-state index in [-0.39, 0.29) is 21.7 Å². The summed E-state index contributed by atoms with van der Waals surface area (Å²) in [5, 5.41) is 0. The molecule has 0 aliphatic heterocycles. The van der Waals surface area contributed by atoms with Gasteiger partial charge < -0.3 is 9.15 Å². The van der Waals surface area contributed by atoms with Gasteiger partial charge in [0.05, 0.1) is 23.1 Å². The molecule has 8 nitrogen and oxygen atoms in total. The fourth-order valence-electron chi connectivity index (χ4n) is 2.32. The summed E-state index contributed by atoms with van der Waals surface area (Å²) < 4.78 is 38.3. The number of benzene rings is 2. The molecule has 1 heterocycles. The zero-order valence-electron chi connectivity index (χ0n) is 13.3. The summed E-state index contributed by atoms with van der Waals surface area (Å²) in [6.45, 7) is 0. The van der Waals surface area contributed by atoms with Gasteiger partial charge in [-0.25, -0.2) is 18.0 Å². The van der Waals surface area contributed by atoms with E-state index in [1.165, 1.54) is 61.2 Å². The average Bonchev–Trinajstić information content (AvgIpc) is 2.88. The van der Waals surface area contributed by atoms with Crippen molar-refractivity contribution < 1.29 is 22.4 Å². The Morgan fingerprint density at radius 1 is 1.20 bits per heavy atom. The van der Waals surface area contributed by atoms with Crippen molar-refractivity contribution in [2.24, 2.45) is 7.05 Å². The largest absolute Gasteiger partial charge is 0.465 e. The first kappa shape index (κ1) is 16.8. The number of carbonyl (C=O) groups excluding carboxylic acids is 1. The first-order valence-corrected chi connectivity index (χ1v) is 8.61. The highest BCUT2D eigenvalue weighted by atomic mass is 32.2. The van der Waals surface area contributed by atoms with Gasteiger partial charge in [-0.15, -0.1) is 0 Å². The van der Waals surface area contributed by atoms with Crippen LogP contribution >= 0.6 is 0 Å². The van der Waals surface area contributed by atoms with Crippen molar-refractivity contribution in [2.75, 3.05) is 11.8 Å². The highest BCUT2D eigenvalue weighted by Crippen LogP contribution is 2.21. The molecular weight excluding hydrogens is 348 g/mol. The maximum atomic E-state index is 12.5. The van der Waals surface area contributed by atoms with Gasteiger partial charge in [-0.05, 0) is 30.3 Å². The molecule has 0 aliphatic carbocycles. The van der Waals surface area contributed by atoms with E-state index in [1.807, 2.05) is 0 Å². The number of sulfonamides is 1. The van der Waals surface area contributed by atoms with E-state index >= 15 is 0 Å². The molecule has 0 saturated heterocycles. The van der Waals surface area contributed by atoms with Crippen LogP contribution in [0.5, 0.6) is 0 Å². The van der Waals surface area contributed by atoms with Gasteiger partial charge in [-0.1, -0.05) is 6.07 Å². The summed E-state index contributed by atoms with van der Waals surface area (Å²) in [6.07, 6.45) is 0. The van der Waals surface area contributed by atoms with Crippen LogP contribution in [0.1, 0.15) is 10.4 Å². The quantitative estimate of drug-likeness (QED) is 0.708. The molecule has 0 spiro atoms. The summed E-state index contributed by atoms with van der Waals surface area (Å²) in [7, 11) is -1.17. The van der Waals surface area contributed by atoms with Crippen LogP contribution < -0.4 is 10.5 Å². The van der Waals surface area contributed by atoms with E-state index < -0.39 is 21.7 Å². The summed E-state index contributed by atoms with van der Waals surface area (Å²) in [6, 6.07) is 10.0. The molecule has 25 heavy (non-hydrogen) atoms. The van der Waals surface area contributed by atoms with Gasteiger partial charge in [0.2, 0.25) is 0 Å². The lowest BCUT2D eigenvalue weighted by Crippen LogP contribution is -2.13. The molecule has 3 rings (SSSR count). The van der Waals surface area contributed by atoms with Crippen LogP contribution in [0.25, 0.3) is 11.1 Å². The molecule has 0 atom stereocenters. The lowest BCUT2D eigenvalue weighted by molar-refractivity contribution is 0.0601. The maximum Gasteiger partial charge on any atom is 0.419 e. The molecule has 0 bridgehead atoms. The van der Waals surface area contributed by atoms with Gasteiger partial charge in [-0.2, -0.15) is 0 Å². The predicted octanol–water partition coefficient (Wildman–Crippen LogP) is 1.72. The fraction of sp³-hybridized carbons (Fsp3) is 0.125. The van der Waals surface area contributed by atoms with Gasteiger partial charge >= 0.3 is 11.7 Å². The number of nitrogens with one attached hydrogen (secondary N) is 1. The highest BCUT2D eigenvalue weighted by Gasteiger charge is 2.18. The zero-order chi connectivity index (χ0) is 18.2. The number of ether oxygens (including phenoxy) is 1. The number of fused-ring (bicyclic) bond motifs is 1. The zero-order valence-corrected chi connectivity index (χ0v) is 14.2. The van der Waals surface area contributed by atoms with Crippen molar-refractivity contribution in [1.29, 1.82) is 0 Å². The smallest absolute Gasteiger partial charge is 0.419 e. The molecule has 3 aromatic rings. The second-order valence-electron chi connectivity index (χ2n) is 5.23. The van der Waals surface area contributed by atoms with Crippen molar-refractivity contribution in [3.63, 3.8) is 0 Å². The minimum atomic E-state index is -3.93. The van der Waals surface area contributed by atoms with Crippen LogP contribution in [0.4, 0.5) is 5.69 Å². The normalized spacial score (nSPS) is 11.4. The molecule has 0 amide bonds. The van der Waals surface area contributed by atoms with Crippen molar-refractivity contribution in [3.05, 3.63) is 58.6 Å². The summed E-state index contributed by atoms with van der Waals surface area (Å²) >= 11 is 0. The molecule has 0 saturated carbocycles. The van der Waals surface area contributed by atoms with Gasteiger partial charge in [0, 0.05) is 18.8 Å². The number of esters is 1. The van der Waals surface area contributed by atoms with Gasteiger partial charge in [0.15, 0.2) is 5.58 Å². The van der Waals surface area contributed by atoms with E-state index in [9.17, 15) is 18.0 Å². The minimum Gasteiger partial charge on any atom is -0.465 e. The Hall–Kier alpha value is -3.07. The molecule has 0 fully saturated rings. The number of hydrogen-bond acceptors (Lipinski definition) is 6. The van der Waals surface area contributed by atoms with E-state index in [0.717, 1.165) is 0 Å². The molecular formula is C16H14N2O6S. The number of anilines is 1. The number of aryl methyl sites for hydroxylation is 1. The van der Waals surface area contributed by atoms with Crippen LogP contribution in [-0.2, 0) is 21.8 Å². The maximum absolute atomic E-state index is 12.5. The molecule has 1 aromatic heterocycles. The van der Waals surface area contributed by atoms with Gasteiger partial charge in [-0.3, -0.25) is 9.29 Å². The fourth-order valence-corrected chi connectivity index (χ4v) is 3.39. The lowest BCUT2D eigenvalue weighted by atomic mass is 10.2. The third kappa shape index (κ3) is 3.13. The van der Waals surface area contributed by atoms with Crippen LogP contribution in [-0.4, -0.2) is 26.1 Å². The van der Waals surface area contributed by atoms with Crippen LogP contribution in [0.3, 0.4) is 0 Å². The van der Waals surface area contributed by atoms with Gasteiger partial charge in [0.1, 0.15) is 0 Å². The third-order valence-electron chi connectivity index (χ3n) is 3.61. The Morgan fingerprint density at radius 2 is 1.96 bits per heavy atom. The third-order valence-corrected chi connectivity index (χ3v) is 4.99. The van der Waals surface area contributed by atoms with Crippen LogP contribution in [0, 0.1) is 0 Å². The molecule has 2 aromatic carbocycles. The monoisotopic (exact) mass is 362 g/mol. The Balaban J connectivity index is 1.97. The minimum absolute atomic E-state index is 0.0715. The molecule has 9 heteroatoms. The molecule has 130 valence electrons. The number of oxazole rings is 1. The van der Waals surface area contributed by atoms with E-state index in [1.54, 1.807) is 0 Å². The number of nitrogens with zero attached hydrogens (tertiary/aromatic N) is 1. The average molecular weight is 362 g/mol. The van der Waals surface area contributed by atoms with Crippen molar-refractivity contribution >= 4 is 32.8 Å². The van der Waals surface area contributed by atoms with Gasteiger partial charge in [0.25, 0.3) is 10.0 Å². The highest BCUT2D eigenvalue weighted by molar-refractivity contribution is 7.92. The van der Waals surface area contributed by atoms with Crippen molar-refractivity contribution in [3.8, 4) is 0 Å². The summed E-state index contributed by atoms with van der Waals surface area (Å²) in [4.78, 5) is 23.0.